The van der Waals surface area contributed by atoms with Gasteiger partial charge in [-0.15, -0.1) is 11.3 Å². The number of hydrogen-bond donors (Lipinski definition) is 3. The monoisotopic (exact) mass is 451 g/mol. The molecule has 0 unspecified atom stereocenters. The Labute approximate surface area is 170 Å². The molecule has 1 atom stereocenters. The molecule has 0 radical (unpaired) electrons. The summed E-state index contributed by atoms with van der Waals surface area (Å²) >= 11 is 5.04. The van der Waals surface area contributed by atoms with E-state index >= 15 is 0 Å². The molecular formula is C19H22BrN3O3S. The number of fused-ring (bicyclic) bond motifs is 3. The van der Waals surface area contributed by atoms with Gasteiger partial charge in [-0.05, 0) is 59.1 Å². The van der Waals surface area contributed by atoms with E-state index in [9.17, 15) is 9.90 Å². The summed E-state index contributed by atoms with van der Waals surface area (Å²) in [7, 11) is 0. The van der Waals surface area contributed by atoms with E-state index < -0.39 is 0 Å². The van der Waals surface area contributed by atoms with Crippen molar-refractivity contribution in [1.29, 1.82) is 0 Å². The fraction of sp³-hybridized carbons (Fsp3) is 0.421. The Morgan fingerprint density at radius 2 is 2.19 bits per heavy atom. The van der Waals surface area contributed by atoms with Crippen LogP contribution >= 0.6 is 27.3 Å². The lowest BCUT2D eigenvalue weighted by Gasteiger charge is -2.28. The average molecular weight is 452 g/mol. The van der Waals surface area contributed by atoms with Gasteiger partial charge in [-0.1, -0.05) is 6.92 Å². The number of ether oxygens (including phenoxy) is 1. The summed E-state index contributed by atoms with van der Waals surface area (Å²) in [5.74, 6) is 0.417. The predicted octanol–water partition coefficient (Wildman–Crippen LogP) is 3.85. The van der Waals surface area contributed by atoms with Crippen LogP contribution in [0.2, 0.25) is 0 Å². The van der Waals surface area contributed by atoms with Gasteiger partial charge in [0.15, 0.2) is 11.5 Å². The van der Waals surface area contributed by atoms with Crippen molar-refractivity contribution in [3.63, 3.8) is 0 Å². The van der Waals surface area contributed by atoms with Crippen LogP contribution in [-0.4, -0.2) is 35.6 Å². The third-order valence-electron chi connectivity index (χ3n) is 5.05. The van der Waals surface area contributed by atoms with Crippen molar-refractivity contribution in [2.45, 2.75) is 33.0 Å². The number of nitrogens with one attached hydrogen (secondary N) is 2. The van der Waals surface area contributed by atoms with Crippen LogP contribution in [0.1, 0.15) is 46.4 Å². The lowest BCUT2D eigenvalue weighted by atomic mass is 10.0. The zero-order valence-electron chi connectivity index (χ0n) is 15.3. The first-order chi connectivity index (χ1) is 13.0. The molecular weight excluding hydrogens is 430 g/mol. The molecule has 3 heterocycles. The SMILES string of the molecule is CCOc1cc([C@H]2NC(=O)c3c(sc4c3CCN(CC)C4)N2)cc(Br)c1O. The van der Waals surface area contributed by atoms with Crippen molar-refractivity contribution in [3.05, 3.63) is 38.2 Å². The van der Waals surface area contributed by atoms with Crippen molar-refractivity contribution in [2.24, 2.45) is 0 Å². The number of hydrogen-bond acceptors (Lipinski definition) is 6. The van der Waals surface area contributed by atoms with Crippen molar-refractivity contribution in [1.82, 2.24) is 10.2 Å². The highest BCUT2D eigenvalue weighted by atomic mass is 79.9. The molecule has 144 valence electrons. The molecule has 2 aliphatic rings. The van der Waals surface area contributed by atoms with Gasteiger partial charge in [0, 0.05) is 18.0 Å². The van der Waals surface area contributed by atoms with Gasteiger partial charge < -0.3 is 20.5 Å². The first kappa shape index (κ1) is 18.6. The molecule has 8 heteroatoms. The number of amides is 1. The number of phenols is 1. The Bertz CT molecular complexity index is 899. The van der Waals surface area contributed by atoms with Gasteiger partial charge >= 0.3 is 0 Å². The molecule has 27 heavy (non-hydrogen) atoms. The summed E-state index contributed by atoms with van der Waals surface area (Å²) < 4.78 is 6.05. The summed E-state index contributed by atoms with van der Waals surface area (Å²) in [6.45, 7) is 7.39. The maximum atomic E-state index is 12.9. The van der Waals surface area contributed by atoms with Gasteiger partial charge in [-0.3, -0.25) is 9.69 Å². The van der Waals surface area contributed by atoms with Gasteiger partial charge in [-0.25, -0.2) is 0 Å². The van der Waals surface area contributed by atoms with E-state index in [0.29, 0.717) is 16.8 Å². The number of halogens is 1. The maximum absolute atomic E-state index is 12.9. The number of phenolic OH excluding ortho intramolecular Hbond substituents is 1. The lowest BCUT2D eigenvalue weighted by Crippen LogP contribution is -2.38. The van der Waals surface area contributed by atoms with Crippen LogP contribution in [0.5, 0.6) is 11.5 Å². The largest absolute Gasteiger partial charge is 0.503 e. The predicted molar refractivity (Wildman–Crippen MR) is 110 cm³/mol. The van der Waals surface area contributed by atoms with Crippen molar-refractivity contribution in [3.8, 4) is 11.5 Å². The Morgan fingerprint density at radius 3 is 2.93 bits per heavy atom. The maximum Gasteiger partial charge on any atom is 0.256 e. The number of rotatable bonds is 4. The van der Waals surface area contributed by atoms with Gasteiger partial charge in [0.05, 0.1) is 16.6 Å². The van der Waals surface area contributed by atoms with Crippen LogP contribution in [0.4, 0.5) is 5.00 Å². The van der Waals surface area contributed by atoms with E-state index in [0.717, 1.165) is 42.2 Å². The number of nitrogens with zero attached hydrogens (tertiary/aromatic N) is 1. The molecule has 1 aromatic carbocycles. The minimum absolute atomic E-state index is 0.0432. The molecule has 2 aliphatic heterocycles. The number of likely N-dealkylation sites (N-methyl/N-ethyl adjacent to an activating group) is 1. The Hall–Kier alpha value is -1.77. The summed E-state index contributed by atoms with van der Waals surface area (Å²) in [5.41, 5.74) is 2.80. The van der Waals surface area contributed by atoms with Crippen LogP contribution in [0, 0.1) is 0 Å². The first-order valence-corrected chi connectivity index (χ1v) is 10.7. The molecule has 2 aromatic rings. The highest BCUT2D eigenvalue weighted by Gasteiger charge is 2.33. The molecule has 3 N–H and O–H groups in total. The number of benzene rings is 1. The van der Waals surface area contributed by atoms with Gasteiger partial charge in [0.2, 0.25) is 0 Å². The second-order valence-electron chi connectivity index (χ2n) is 6.66. The second kappa shape index (κ2) is 7.33. The van der Waals surface area contributed by atoms with Crippen LogP contribution in [0.3, 0.4) is 0 Å². The normalized spacial score (nSPS) is 19.1. The standard InChI is InChI=1S/C19H22BrN3O3S/c1-3-23-6-5-11-14(9-23)27-19-15(11)18(25)21-17(22-19)10-7-12(20)16(24)13(8-10)26-4-2/h7-8,17,22,24H,3-6,9H2,1-2H3,(H,21,25)/t17-/m0/s1. The Morgan fingerprint density at radius 1 is 1.37 bits per heavy atom. The molecule has 0 saturated carbocycles. The highest BCUT2D eigenvalue weighted by Crippen LogP contribution is 2.42. The Kier molecular flexibility index (Phi) is 5.05. The fourth-order valence-electron chi connectivity index (χ4n) is 3.63. The molecule has 0 aliphatic carbocycles. The van der Waals surface area contributed by atoms with E-state index in [-0.39, 0.29) is 17.8 Å². The summed E-state index contributed by atoms with van der Waals surface area (Å²) in [5, 5.41) is 17.6. The third-order valence-corrected chi connectivity index (χ3v) is 6.80. The van der Waals surface area contributed by atoms with Crippen LogP contribution < -0.4 is 15.4 Å². The smallest absolute Gasteiger partial charge is 0.256 e. The Balaban J connectivity index is 1.67. The van der Waals surface area contributed by atoms with E-state index in [1.165, 1.54) is 10.4 Å². The second-order valence-corrected chi connectivity index (χ2v) is 8.62. The number of carbonyl (C=O) groups excluding carboxylic acids is 1. The van der Waals surface area contributed by atoms with Gasteiger partial charge in [0.1, 0.15) is 11.2 Å². The molecule has 1 amide bonds. The zero-order valence-corrected chi connectivity index (χ0v) is 17.7. The van der Waals surface area contributed by atoms with Crippen molar-refractivity contribution < 1.29 is 14.6 Å². The van der Waals surface area contributed by atoms with Crippen molar-refractivity contribution >= 4 is 38.2 Å². The number of aromatic hydroxyl groups is 1. The van der Waals surface area contributed by atoms with E-state index in [4.69, 9.17) is 4.74 Å². The average Bonchev–Trinajstić information content (AvgIpc) is 3.03. The topological polar surface area (TPSA) is 73.8 Å². The summed E-state index contributed by atoms with van der Waals surface area (Å²) in [4.78, 5) is 16.5. The van der Waals surface area contributed by atoms with Crippen LogP contribution in [-0.2, 0) is 13.0 Å². The summed E-state index contributed by atoms with van der Waals surface area (Å²) in [6, 6.07) is 3.56. The van der Waals surface area contributed by atoms with Crippen LogP contribution in [0.15, 0.2) is 16.6 Å². The molecule has 6 nitrogen and oxygen atoms in total. The minimum atomic E-state index is -0.372. The van der Waals surface area contributed by atoms with E-state index in [2.05, 4.69) is 38.4 Å². The molecule has 0 fully saturated rings. The molecule has 0 bridgehead atoms. The highest BCUT2D eigenvalue weighted by molar-refractivity contribution is 9.10. The van der Waals surface area contributed by atoms with Crippen molar-refractivity contribution in [2.75, 3.05) is 25.0 Å². The fourth-order valence-corrected chi connectivity index (χ4v) is 5.41. The van der Waals surface area contributed by atoms with Gasteiger partial charge in [0.25, 0.3) is 5.91 Å². The van der Waals surface area contributed by atoms with E-state index in [1.54, 1.807) is 23.5 Å². The summed E-state index contributed by atoms with van der Waals surface area (Å²) in [6.07, 6.45) is 0.539. The first-order valence-electron chi connectivity index (χ1n) is 9.11. The van der Waals surface area contributed by atoms with Crippen LogP contribution in [0.25, 0.3) is 0 Å². The molecule has 0 saturated heterocycles. The van der Waals surface area contributed by atoms with E-state index in [1.807, 2.05) is 6.92 Å². The molecule has 1 aromatic heterocycles. The van der Waals surface area contributed by atoms with Gasteiger partial charge in [-0.2, -0.15) is 0 Å². The number of thiophene rings is 1. The molecule has 0 spiro atoms. The number of anilines is 1. The third kappa shape index (κ3) is 3.30. The number of carbonyl (C=O) groups is 1. The lowest BCUT2D eigenvalue weighted by molar-refractivity contribution is 0.0934. The molecule has 4 rings (SSSR count). The quantitative estimate of drug-likeness (QED) is 0.658. The zero-order chi connectivity index (χ0) is 19.1. The minimum Gasteiger partial charge on any atom is -0.503 e.